The van der Waals surface area contributed by atoms with Crippen LogP contribution in [0, 0.1) is 0 Å². The number of rotatable bonds is 8. The second-order valence-electron chi connectivity index (χ2n) is 5.68. The Balaban J connectivity index is 1.78. The van der Waals surface area contributed by atoms with E-state index in [1.54, 1.807) is 24.4 Å². The van der Waals surface area contributed by atoms with Gasteiger partial charge in [-0.2, -0.15) is 0 Å². The molecule has 0 aliphatic rings. The van der Waals surface area contributed by atoms with E-state index in [0.717, 1.165) is 16.9 Å². The number of methoxy groups -OCH3 is 1. The van der Waals surface area contributed by atoms with Gasteiger partial charge in [0.15, 0.2) is 0 Å². The lowest BCUT2D eigenvalue weighted by Crippen LogP contribution is -2.37. The number of amides is 2. The molecule has 0 atom stereocenters. The quantitative estimate of drug-likeness (QED) is 0.795. The average molecular weight is 341 g/mol. The molecule has 0 radical (unpaired) electrons. The predicted molar refractivity (Wildman–Crippen MR) is 95.0 cm³/mol. The smallest absolute Gasteiger partial charge is 0.224 e. The van der Waals surface area contributed by atoms with Gasteiger partial charge in [0, 0.05) is 39.0 Å². The van der Waals surface area contributed by atoms with Crippen LogP contribution in [0.25, 0.3) is 0 Å². The first-order valence-corrected chi connectivity index (χ1v) is 8.12. The maximum absolute atomic E-state index is 12.0. The molecule has 2 amide bonds. The van der Waals surface area contributed by atoms with Gasteiger partial charge in [-0.25, -0.2) is 0 Å². The molecule has 0 saturated heterocycles. The van der Waals surface area contributed by atoms with Crippen LogP contribution in [0.4, 0.5) is 0 Å². The van der Waals surface area contributed by atoms with Crippen LogP contribution in [0.1, 0.15) is 18.1 Å². The molecule has 6 heteroatoms. The first-order valence-electron chi connectivity index (χ1n) is 8.12. The number of pyridine rings is 1. The summed E-state index contributed by atoms with van der Waals surface area (Å²) in [6.07, 6.45) is 3.73. The van der Waals surface area contributed by atoms with Crippen LogP contribution in [0.2, 0.25) is 0 Å². The lowest BCUT2D eigenvalue weighted by molar-refractivity contribution is -0.130. The summed E-state index contributed by atoms with van der Waals surface area (Å²) in [6, 6.07) is 11.1. The molecule has 0 unspecified atom stereocenters. The van der Waals surface area contributed by atoms with Crippen molar-refractivity contribution >= 4 is 11.8 Å². The Labute approximate surface area is 147 Å². The lowest BCUT2D eigenvalue weighted by Gasteiger charge is -2.21. The van der Waals surface area contributed by atoms with Crippen molar-refractivity contribution in [3.8, 4) is 5.75 Å². The number of nitrogens with one attached hydrogen (secondary N) is 1. The fourth-order valence-electron chi connectivity index (χ4n) is 2.38. The zero-order valence-corrected chi connectivity index (χ0v) is 14.6. The second-order valence-corrected chi connectivity index (χ2v) is 5.68. The van der Waals surface area contributed by atoms with Crippen molar-refractivity contribution in [1.29, 1.82) is 0 Å². The van der Waals surface area contributed by atoms with Crippen LogP contribution >= 0.6 is 0 Å². The minimum absolute atomic E-state index is 0.0340. The van der Waals surface area contributed by atoms with E-state index in [1.165, 1.54) is 6.92 Å². The maximum atomic E-state index is 12.0. The van der Waals surface area contributed by atoms with E-state index in [9.17, 15) is 9.59 Å². The van der Waals surface area contributed by atoms with Crippen LogP contribution in [0.15, 0.2) is 48.8 Å². The fraction of sp³-hybridized carbons (Fsp3) is 0.316. The molecule has 0 fully saturated rings. The normalized spacial score (nSPS) is 10.2. The van der Waals surface area contributed by atoms with Crippen molar-refractivity contribution in [2.24, 2.45) is 0 Å². The molecule has 1 heterocycles. The van der Waals surface area contributed by atoms with Gasteiger partial charge >= 0.3 is 0 Å². The Bertz CT molecular complexity index is 687. The standard InChI is InChI=1S/C19H23N3O3/c1-15(23)22(14-17-4-3-9-20-13-17)11-10-21-19(24)12-16-5-7-18(25-2)8-6-16/h3-9,13H,10-12,14H2,1-2H3,(H,21,24). The van der Waals surface area contributed by atoms with E-state index in [4.69, 9.17) is 4.74 Å². The number of benzene rings is 1. The Morgan fingerprint density at radius 2 is 1.92 bits per heavy atom. The summed E-state index contributed by atoms with van der Waals surface area (Å²) in [4.78, 5) is 29.5. The summed E-state index contributed by atoms with van der Waals surface area (Å²) < 4.78 is 5.09. The van der Waals surface area contributed by atoms with Crippen molar-refractivity contribution in [3.05, 3.63) is 59.9 Å². The third kappa shape index (κ3) is 6.25. The van der Waals surface area contributed by atoms with Crippen molar-refractivity contribution in [1.82, 2.24) is 15.2 Å². The minimum Gasteiger partial charge on any atom is -0.497 e. The van der Waals surface area contributed by atoms with Crippen LogP contribution in [-0.4, -0.2) is 41.9 Å². The van der Waals surface area contributed by atoms with Crippen molar-refractivity contribution < 1.29 is 14.3 Å². The van der Waals surface area contributed by atoms with Gasteiger partial charge in [-0.15, -0.1) is 0 Å². The largest absolute Gasteiger partial charge is 0.497 e. The van der Waals surface area contributed by atoms with Crippen LogP contribution < -0.4 is 10.1 Å². The molecular weight excluding hydrogens is 318 g/mol. The number of hydrogen-bond donors (Lipinski definition) is 1. The van der Waals surface area contributed by atoms with E-state index in [-0.39, 0.29) is 11.8 Å². The molecule has 132 valence electrons. The molecule has 25 heavy (non-hydrogen) atoms. The molecule has 1 aromatic carbocycles. The molecule has 0 saturated carbocycles. The van der Waals surface area contributed by atoms with Crippen LogP contribution in [-0.2, 0) is 22.6 Å². The van der Waals surface area contributed by atoms with E-state index in [2.05, 4.69) is 10.3 Å². The summed E-state index contributed by atoms with van der Waals surface area (Å²) in [5, 5.41) is 2.85. The van der Waals surface area contributed by atoms with Crippen LogP contribution in [0.3, 0.4) is 0 Å². The molecule has 0 spiro atoms. The molecule has 2 aromatic rings. The second kappa shape index (κ2) is 9.42. The third-order valence-corrected chi connectivity index (χ3v) is 3.77. The maximum Gasteiger partial charge on any atom is 0.224 e. The van der Waals surface area contributed by atoms with E-state index in [1.807, 2.05) is 36.4 Å². The summed E-state index contributed by atoms with van der Waals surface area (Å²) in [5.41, 5.74) is 1.87. The van der Waals surface area contributed by atoms with Gasteiger partial charge < -0.3 is 15.0 Å². The number of aromatic nitrogens is 1. The van der Waals surface area contributed by atoms with Crippen molar-refractivity contribution in [3.63, 3.8) is 0 Å². The Hall–Kier alpha value is -2.89. The number of hydrogen-bond acceptors (Lipinski definition) is 4. The Kier molecular flexibility index (Phi) is 6.95. The molecule has 0 bridgehead atoms. The average Bonchev–Trinajstić information content (AvgIpc) is 2.62. The Morgan fingerprint density at radius 3 is 2.52 bits per heavy atom. The number of ether oxygens (including phenoxy) is 1. The zero-order valence-electron chi connectivity index (χ0n) is 14.6. The SMILES string of the molecule is COc1ccc(CC(=O)NCCN(Cc2cccnc2)C(C)=O)cc1. The molecule has 0 aliphatic heterocycles. The van der Waals surface area contributed by atoms with Gasteiger partial charge in [0.2, 0.25) is 11.8 Å². The van der Waals surface area contributed by atoms with Crippen LogP contribution in [0.5, 0.6) is 5.75 Å². The monoisotopic (exact) mass is 341 g/mol. The molecule has 6 nitrogen and oxygen atoms in total. The van der Waals surface area contributed by atoms with Gasteiger partial charge in [0.05, 0.1) is 13.5 Å². The highest BCUT2D eigenvalue weighted by Gasteiger charge is 2.10. The highest BCUT2D eigenvalue weighted by molar-refractivity contribution is 5.78. The summed E-state index contributed by atoms with van der Waals surface area (Å²) in [6.45, 7) is 2.88. The van der Waals surface area contributed by atoms with E-state index < -0.39 is 0 Å². The number of carbonyl (C=O) groups excluding carboxylic acids is 2. The van der Waals surface area contributed by atoms with Gasteiger partial charge in [0.25, 0.3) is 0 Å². The molecule has 1 N–H and O–H groups in total. The molecular formula is C19H23N3O3. The zero-order chi connectivity index (χ0) is 18.1. The molecule has 2 rings (SSSR count). The molecule has 1 aromatic heterocycles. The van der Waals surface area contributed by atoms with E-state index >= 15 is 0 Å². The minimum atomic E-state index is -0.0740. The first-order chi connectivity index (χ1) is 12.1. The first kappa shape index (κ1) is 18.4. The van der Waals surface area contributed by atoms with Gasteiger partial charge in [0.1, 0.15) is 5.75 Å². The number of carbonyl (C=O) groups is 2. The fourth-order valence-corrected chi connectivity index (χ4v) is 2.38. The summed E-state index contributed by atoms with van der Waals surface area (Å²) >= 11 is 0. The topological polar surface area (TPSA) is 71.5 Å². The van der Waals surface area contributed by atoms with E-state index in [0.29, 0.717) is 26.1 Å². The Morgan fingerprint density at radius 1 is 1.16 bits per heavy atom. The highest BCUT2D eigenvalue weighted by atomic mass is 16.5. The predicted octanol–water partition coefficient (Wildman–Crippen LogP) is 1.80. The van der Waals surface area contributed by atoms with Gasteiger partial charge in [-0.1, -0.05) is 18.2 Å². The van der Waals surface area contributed by atoms with Gasteiger partial charge in [-0.3, -0.25) is 14.6 Å². The van der Waals surface area contributed by atoms with Gasteiger partial charge in [-0.05, 0) is 29.3 Å². The van der Waals surface area contributed by atoms with Crippen molar-refractivity contribution in [2.75, 3.05) is 20.2 Å². The van der Waals surface area contributed by atoms with Crippen molar-refractivity contribution in [2.45, 2.75) is 19.9 Å². The summed E-state index contributed by atoms with van der Waals surface area (Å²) in [5.74, 6) is 0.653. The highest BCUT2D eigenvalue weighted by Crippen LogP contribution is 2.11. The number of nitrogens with zero attached hydrogens (tertiary/aromatic N) is 2. The lowest BCUT2D eigenvalue weighted by atomic mass is 10.1. The third-order valence-electron chi connectivity index (χ3n) is 3.77. The molecule has 0 aliphatic carbocycles. The summed E-state index contributed by atoms with van der Waals surface area (Å²) in [7, 11) is 1.61.